The van der Waals surface area contributed by atoms with Crippen molar-refractivity contribution in [3.05, 3.63) is 53.6 Å². The summed E-state index contributed by atoms with van der Waals surface area (Å²) < 4.78 is 6.89. The Labute approximate surface area is 166 Å². The maximum absolute atomic E-state index is 12.9. The molecule has 9 heteroatoms. The molecule has 2 aliphatic rings. The number of amides is 2. The average molecular weight is 392 g/mol. The first-order valence-electron chi connectivity index (χ1n) is 9.50. The van der Waals surface area contributed by atoms with Gasteiger partial charge in [0.15, 0.2) is 5.65 Å². The lowest BCUT2D eigenvalue weighted by Gasteiger charge is -2.27. The largest absolute Gasteiger partial charge is 0.447 e. The van der Waals surface area contributed by atoms with E-state index in [-0.39, 0.29) is 18.6 Å². The maximum atomic E-state index is 12.9. The summed E-state index contributed by atoms with van der Waals surface area (Å²) in [4.78, 5) is 36.2. The molecule has 9 nitrogen and oxygen atoms in total. The first-order chi connectivity index (χ1) is 13.9. The van der Waals surface area contributed by atoms with Gasteiger partial charge in [0.2, 0.25) is 0 Å². The fourth-order valence-electron chi connectivity index (χ4n) is 3.89. The van der Waals surface area contributed by atoms with E-state index < -0.39 is 11.6 Å². The minimum Gasteiger partial charge on any atom is -0.447 e. The van der Waals surface area contributed by atoms with E-state index in [0.717, 1.165) is 11.3 Å². The van der Waals surface area contributed by atoms with E-state index in [0.29, 0.717) is 29.9 Å². The summed E-state index contributed by atoms with van der Waals surface area (Å²) in [5.41, 5.74) is 2.09. The van der Waals surface area contributed by atoms with Crippen LogP contribution >= 0.6 is 0 Å². The molecule has 2 amide bonds. The molecule has 5 heterocycles. The molecule has 2 aliphatic heterocycles. The number of anilines is 1. The highest BCUT2D eigenvalue weighted by Gasteiger charge is 2.38. The molecule has 1 atom stereocenters. The standard InChI is InChI=1S/C20H20N6O3/c1-20(2)7-5-14-12(4-3-8-21-14)15-11-29-19(28)26(15)16-6-9-25-17(23-16)13(10-22-25)18(27)24-20/h3-4,6,8-10,15H,5,7,11H2,1-2H3,(H,24,27)/t15-/m1/s1. The molecular formula is C20H20N6O3. The topological polar surface area (TPSA) is 102 Å². The highest BCUT2D eigenvalue weighted by Crippen LogP contribution is 2.34. The minimum absolute atomic E-state index is 0.219. The number of nitrogens with zero attached hydrogens (tertiary/aromatic N) is 5. The van der Waals surface area contributed by atoms with Crippen molar-refractivity contribution in [2.24, 2.45) is 0 Å². The number of ether oxygens (including phenoxy) is 1. The molecular weight excluding hydrogens is 372 g/mol. The molecule has 3 aromatic heterocycles. The van der Waals surface area contributed by atoms with Gasteiger partial charge in [-0.1, -0.05) is 6.07 Å². The Balaban J connectivity index is 1.73. The van der Waals surface area contributed by atoms with Crippen LogP contribution in [0.1, 0.15) is 47.9 Å². The van der Waals surface area contributed by atoms with E-state index >= 15 is 0 Å². The molecule has 0 unspecified atom stereocenters. The Morgan fingerprint density at radius 1 is 1.28 bits per heavy atom. The zero-order valence-electron chi connectivity index (χ0n) is 16.1. The number of carbonyl (C=O) groups excluding carboxylic acids is 2. The highest BCUT2D eigenvalue weighted by molar-refractivity contribution is 6.00. The van der Waals surface area contributed by atoms with E-state index in [1.54, 1.807) is 18.5 Å². The number of cyclic esters (lactones) is 1. The molecule has 148 valence electrons. The smallest absolute Gasteiger partial charge is 0.416 e. The molecule has 1 N–H and O–H groups in total. The molecule has 3 aromatic rings. The third-order valence-electron chi connectivity index (χ3n) is 5.44. The number of hydrogen-bond donors (Lipinski definition) is 1. The summed E-state index contributed by atoms with van der Waals surface area (Å²) in [6.07, 6.45) is 5.78. The van der Waals surface area contributed by atoms with Crippen molar-refractivity contribution in [2.75, 3.05) is 11.5 Å². The van der Waals surface area contributed by atoms with Gasteiger partial charge in [-0.2, -0.15) is 5.10 Å². The zero-order valence-corrected chi connectivity index (χ0v) is 16.1. The monoisotopic (exact) mass is 392 g/mol. The first kappa shape index (κ1) is 17.6. The van der Waals surface area contributed by atoms with E-state index in [1.165, 1.54) is 15.6 Å². The molecule has 0 spiro atoms. The number of aryl methyl sites for hydroxylation is 1. The highest BCUT2D eigenvalue weighted by atomic mass is 16.6. The number of fused-ring (bicyclic) bond motifs is 5. The fraction of sp³-hybridized carbons (Fsp3) is 0.350. The van der Waals surface area contributed by atoms with Gasteiger partial charge in [-0.05, 0) is 38.8 Å². The predicted octanol–water partition coefficient (Wildman–Crippen LogP) is 2.28. The van der Waals surface area contributed by atoms with Crippen LogP contribution in [0.5, 0.6) is 0 Å². The molecule has 5 rings (SSSR count). The number of rotatable bonds is 0. The summed E-state index contributed by atoms with van der Waals surface area (Å²) in [5.74, 6) is 0.156. The van der Waals surface area contributed by atoms with Crippen molar-refractivity contribution in [3.63, 3.8) is 0 Å². The molecule has 1 fully saturated rings. The molecule has 2 bridgehead atoms. The Bertz CT molecular complexity index is 1140. The van der Waals surface area contributed by atoms with Gasteiger partial charge >= 0.3 is 6.09 Å². The van der Waals surface area contributed by atoms with Crippen LogP contribution in [-0.2, 0) is 11.2 Å². The molecule has 1 saturated heterocycles. The lowest BCUT2D eigenvalue weighted by Crippen LogP contribution is -2.43. The Hall–Kier alpha value is -3.49. The Kier molecular flexibility index (Phi) is 3.80. The van der Waals surface area contributed by atoms with Crippen LogP contribution in [0.15, 0.2) is 36.8 Å². The molecule has 0 saturated carbocycles. The van der Waals surface area contributed by atoms with E-state index in [1.807, 2.05) is 26.0 Å². The second-order valence-corrected chi connectivity index (χ2v) is 7.95. The van der Waals surface area contributed by atoms with Gasteiger partial charge in [0, 0.05) is 29.2 Å². The fourth-order valence-corrected chi connectivity index (χ4v) is 3.89. The van der Waals surface area contributed by atoms with Crippen molar-refractivity contribution < 1.29 is 14.3 Å². The van der Waals surface area contributed by atoms with Crippen LogP contribution < -0.4 is 10.2 Å². The molecule has 0 aromatic carbocycles. The van der Waals surface area contributed by atoms with Gasteiger partial charge in [0.25, 0.3) is 5.91 Å². The normalized spacial score (nSPS) is 20.9. The van der Waals surface area contributed by atoms with Crippen molar-refractivity contribution >= 4 is 23.5 Å². The summed E-state index contributed by atoms with van der Waals surface area (Å²) in [6.45, 7) is 4.18. The zero-order chi connectivity index (χ0) is 20.2. The molecule has 0 radical (unpaired) electrons. The van der Waals surface area contributed by atoms with E-state index in [2.05, 4.69) is 20.4 Å². The van der Waals surface area contributed by atoms with Crippen molar-refractivity contribution in [1.82, 2.24) is 24.9 Å². The van der Waals surface area contributed by atoms with Gasteiger partial charge in [-0.15, -0.1) is 0 Å². The molecule has 0 aliphatic carbocycles. The van der Waals surface area contributed by atoms with Gasteiger partial charge < -0.3 is 10.1 Å². The van der Waals surface area contributed by atoms with Crippen LogP contribution in [0.25, 0.3) is 5.65 Å². The Morgan fingerprint density at radius 3 is 3.00 bits per heavy atom. The quantitative estimate of drug-likeness (QED) is 0.630. The third kappa shape index (κ3) is 2.89. The Morgan fingerprint density at radius 2 is 2.14 bits per heavy atom. The minimum atomic E-state index is -0.470. The van der Waals surface area contributed by atoms with Crippen LogP contribution in [-0.4, -0.2) is 43.7 Å². The van der Waals surface area contributed by atoms with Gasteiger partial charge in [0.1, 0.15) is 24.0 Å². The van der Waals surface area contributed by atoms with Crippen molar-refractivity contribution in [1.29, 1.82) is 0 Å². The van der Waals surface area contributed by atoms with Crippen LogP contribution in [0, 0.1) is 0 Å². The lowest BCUT2D eigenvalue weighted by molar-refractivity contribution is 0.0910. The SMILES string of the molecule is CC1(C)CCc2ncccc2[C@H]2COC(=O)N2c2ccn3ncc(c3n2)C(=O)N1. The lowest BCUT2D eigenvalue weighted by atomic mass is 9.93. The number of pyridine rings is 1. The van der Waals surface area contributed by atoms with Gasteiger partial charge in [-0.25, -0.2) is 14.3 Å². The number of carbonyl (C=O) groups is 2. The average Bonchev–Trinajstić information content (AvgIpc) is 3.28. The number of aromatic nitrogens is 4. The number of nitrogens with one attached hydrogen (secondary N) is 1. The molecule has 29 heavy (non-hydrogen) atoms. The predicted molar refractivity (Wildman–Crippen MR) is 104 cm³/mol. The van der Waals surface area contributed by atoms with Crippen molar-refractivity contribution in [2.45, 2.75) is 38.3 Å². The maximum Gasteiger partial charge on any atom is 0.416 e. The summed E-state index contributed by atoms with van der Waals surface area (Å²) in [5, 5.41) is 7.29. The summed E-state index contributed by atoms with van der Waals surface area (Å²) in [6, 6.07) is 5.19. The second-order valence-electron chi connectivity index (χ2n) is 7.95. The van der Waals surface area contributed by atoms with Gasteiger partial charge in [0.05, 0.1) is 6.20 Å². The van der Waals surface area contributed by atoms with E-state index in [9.17, 15) is 9.59 Å². The van der Waals surface area contributed by atoms with Crippen LogP contribution in [0.2, 0.25) is 0 Å². The third-order valence-corrected chi connectivity index (χ3v) is 5.44. The summed E-state index contributed by atoms with van der Waals surface area (Å²) >= 11 is 0. The van der Waals surface area contributed by atoms with Crippen LogP contribution in [0.4, 0.5) is 10.6 Å². The first-order valence-corrected chi connectivity index (χ1v) is 9.50. The van der Waals surface area contributed by atoms with Gasteiger partial charge in [-0.3, -0.25) is 14.7 Å². The van der Waals surface area contributed by atoms with Crippen LogP contribution in [0.3, 0.4) is 0 Å². The summed E-state index contributed by atoms with van der Waals surface area (Å²) in [7, 11) is 0. The number of hydrogen-bond acceptors (Lipinski definition) is 6. The van der Waals surface area contributed by atoms with E-state index in [4.69, 9.17) is 4.74 Å². The van der Waals surface area contributed by atoms with Crippen molar-refractivity contribution in [3.8, 4) is 0 Å². The second kappa shape index (κ2) is 6.26.